The number of rotatable bonds is 7. The van der Waals surface area contributed by atoms with E-state index in [0.29, 0.717) is 36.7 Å². The zero-order chi connectivity index (χ0) is 19.1. The molecule has 0 amide bonds. The van der Waals surface area contributed by atoms with Crippen LogP contribution in [0.5, 0.6) is 0 Å². The van der Waals surface area contributed by atoms with Gasteiger partial charge in [0.15, 0.2) is 0 Å². The van der Waals surface area contributed by atoms with E-state index < -0.39 is 18.0 Å². The summed E-state index contributed by atoms with van der Waals surface area (Å²) in [5.74, 6) is -0.567. The van der Waals surface area contributed by atoms with Crippen LogP contribution in [-0.2, 0) is 14.3 Å². The van der Waals surface area contributed by atoms with E-state index in [2.05, 4.69) is 18.7 Å². The maximum atomic E-state index is 12.4. The summed E-state index contributed by atoms with van der Waals surface area (Å²) in [4.78, 5) is 27.1. The molecule has 1 aliphatic heterocycles. The lowest BCUT2D eigenvalue weighted by Crippen LogP contribution is -2.49. The van der Waals surface area contributed by atoms with Crippen LogP contribution in [0.1, 0.15) is 44.0 Å². The fourth-order valence-corrected chi connectivity index (χ4v) is 3.08. The van der Waals surface area contributed by atoms with Crippen LogP contribution in [0.4, 0.5) is 5.69 Å². The van der Waals surface area contributed by atoms with Gasteiger partial charge in [0.2, 0.25) is 0 Å². The number of carbonyl (C=O) groups excluding carboxylic acids is 2. The van der Waals surface area contributed by atoms with Crippen LogP contribution in [0, 0.1) is 11.8 Å². The number of piperidine rings is 1. The summed E-state index contributed by atoms with van der Waals surface area (Å²) in [7, 11) is 0. The number of nitrogens with zero attached hydrogens (tertiary/aromatic N) is 1. The molecule has 0 spiro atoms. The molecule has 1 fully saturated rings. The highest BCUT2D eigenvalue weighted by molar-refractivity contribution is 5.90. The number of likely N-dealkylation sites (tertiary alicyclic amines) is 1. The van der Waals surface area contributed by atoms with Crippen LogP contribution >= 0.6 is 0 Å². The summed E-state index contributed by atoms with van der Waals surface area (Å²) in [5.41, 5.74) is 6.67. The monoisotopic (exact) mass is 362 g/mol. The molecule has 0 radical (unpaired) electrons. The number of benzene rings is 1. The fraction of sp³-hybridized carbons (Fsp3) is 0.600. The number of hydrogen-bond acceptors (Lipinski definition) is 6. The molecule has 1 aromatic rings. The highest BCUT2D eigenvalue weighted by Crippen LogP contribution is 2.24. The Balaban J connectivity index is 2.03. The molecule has 2 atom stereocenters. The van der Waals surface area contributed by atoms with Gasteiger partial charge in [0.25, 0.3) is 0 Å². The predicted molar refractivity (Wildman–Crippen MR) is 101 cm³/mol. The summed E-state index contributed by atoms with van der Waals surface area (Å²) in [6, 6.07) is 6.59. The highest BCUT2D eigenvalue weighted by atomic mass is 16.6. The van der Waals surface area contributed by atoms with E-state index in [9.17, 15) is 9.59 Å². The Kier molecular flexibility index (Phi) is 7.45. The van der Waals surface area contributed by atoms with Crippen molar-refractivity contribution >= 4 is 17.6 Å². The second-order valence-corrected chi connectivity index (χ2v) is 7.20. The number of esters is 2. The van der Waals surface area contributed by atoms with Gasteiger partial charge >= 0.3 is 11.9 Å². The van der Waals surface area contributed by atoms with Gasteiger partial charge in [-0.3, -0.25) is 4.79 Å². The molecular weight excluding hydrogens is 332 g/mol. The maximum absolute atomic E-state index is 12.4. The minimum absolute atomic E-state index is 0.295. The third-order valence-corrected chi connectivity index (χ3v) is 4.65. The summed E-state index contributed by atoms with van der Waals surface area (Å²) in [5, 5.41) is 0. The standard InChI is InChI=1S/C20H30N2O4/c1-4-25-20(24)17-13-22(11-9-14(2)3)12-10-18(17)26-19(23)15-5-7-16(21)8-6-15/h5-8,14,17-18H,4,9-13,21H2,1-3H3. The topological polar surface area (TPSA) is 81.9 Å². The van der Waals surface area contributed by atoms with Gasteiger partial charge in [0, 0.05) is 18.8 Å². The lowest BCUT2D eigenvalue weighted by atomic mass is 9.93. The molecule has 1 saturated heterocycles. The lowest BCUT2D eigenvalue weighted by Gasteiger charge is -2.37. The van der Waals surface area contributed by atoms with Crippen molar-refractivity contribution in [3.8, 4) is 0 Å². The van der Waals surface area contributed by atoms with Gasteiger partial charge < -0.3 is 20.1 Å². The van der Waals surface area contributed by atoms with Gasteiger partial charge in [-0.05, 0) is 56.5 Å². The van der Waals surface area contributed by atoms with E-state index in [-0.39, 0.29) is 5.97 Å². The average Bonchev–Trinajstić information content (AvgIpc) is 2.61. The number of anilines is 1. The van der Waals surface area contributed by atoms with Crippen LogP contribution in [0.25, 0.3) is 0 Å². The van der Waals surface area contributed by atoms with Crippen molar-refractivity contribution in [3.63, 3.8) is 0 Å². The van der Waals surface area contributed by atoms with Gasteiger partial charge in [0.1, 0.15) is 12.0 Å². The van der Waals surface area contributed by atoms with Gasteiger partial charge in [-0.15, -0.1) is 0 Å². The van der Waals surface area contributed by atoms with Crippen molar-refractivity contribution in [1.29, 1.82) is 0 Å². The summed E-state index contributed by atoms with van der Waals surface area (Å²) >= 11 is 0. The van der Waals surface area contributed by atoms with Gasteiger partial charge in [-0.2, -0.15) is 0 Å². The second-order valence-electron chi connectivity index (χ2n) is 7.20. The first-order chi connectivity index (χ1) is 12.4. The largest absolute Gasteiger partial charge is 0.466 e. The lowest BCUT2D eigenvalue weighted by molar-refractivity contribution is -0.155. The number of hydrogen-bond donors (Lipinski definition) is 1. The van der Waals surface area contributed by atoms with Gasteiger partial charge in [-0.1, -0.05) is 13.8 Å². The quantitative estimate of drug-likeness (QED) is 0.593. The summed E-state index contributed by atoms with van der Waals surface area (Å²) in [6.45, 7) is 8.78. The van der Waals surface area contributed by atoms with Crippen LogP contribution in [0.2, 0.25) is 0 Å². The fourth-order valence-electron chi connectivity index (χ4n) is 3.08. The molecule has 2 unspecified atom stereocenters. The van der Waals surface area contributed by atoms with Crippen LogP contribution < -0.4 is 5.73 Å². The Morgan fingerprint density at radius 3 is 2.58 bits per heavy atom. The molecule has 1 aliphatic rings. The minimum Gasteiger partial charge on any atom is -0.466 e. The average molecular weight is 362 g/mol. The van der Waals surface area contributed by atoms with Gasteiger partial charge in [0.05, 0.1) is 12.2 Å². The van der Waals surface area contributed by atoms with Crippen molar-refractivity contribution in [2.24, 2.45) is 11.8 Å². The second kappa shape index (κ2) is 9.57. The molecule has 6 nitrogen and oxygen atoms in total. The third kappa shape index (κ3) is 5.73. The molecule has 0 aliphatic carbocycles. The number of carbonyl (C=O) groups is 2. The summed E-state index contributed by atoms with van der Waals surface area (Å²) in [6.07, 6.45) is 1.24. The molecule has 2 N–H and O–H groups in total. The first-order valence-electron chi connectivity index (χ1n) is 9.36. The molecule has 0 saturated carbocycles. The van der Waals surface area contributed by atoms with E-state index in [0.717, 1.165) is 19.5 Å². The van der Waals surface area contributed by atoms with E-state index in [1.165, 1.54) is 0 Å². The smallest absolute Gasteiger partial charge is 0.338 e. The minimum atomic E-state index is -0.464. The first-order valence-corrected chi connectivity index (χ1v) is 9.36. The Hall–Kier alpha value is -2.08. The zero-order valence-corrected chi connectivity index (χ0v) is 15.9. The Morgan fingerprint density at radius 1 is 1.27 bits per heavy atom. The van der Waals surface area contributed by atoms with Crippen molar-refractivity contribution in [3.05, 3.63) is 29.8 Å². The molecule has 1 aromatic carbocycles. The van der Waals surface area contributed by atoms with Crippen molar-refractivity contribution in [1.82, 2.24) is 4.90 Å². The van der Waals surface area contributed by atoms with E-state index in [1.807, 2.05) is 0 Å². The Morgan fingerprint density at radius 2 is 1.96 bits per heavy atom. The van der Waals surface area contributed by atoms with Crippen LogP contribution in [-0.4, -0.2) is 49.2 Å². The maximum Gasteiger partial charge on any atom is 0.338 e. The molecule has 1 heterocycles. The predicted octanol–water partition coefficient (Wildman–Crippen LogP) is 2.73. The van der Waals surface area contributed by atoms with E-state index >= 15 is 0 Å². The van der Waals surface area contributed by atoms with E-state index in [4.69, 9.17) is 15.2 Å². The number of nitrogen functional groups attached to an aromatic ring is 1. The normalized spacial score (nSPS) is 20.8. The van der Waals surface area contributed by atoms with Crippen LogP contribution in [0.15, 0.2) is 24.3 Å². The Labute approximate surface area is 155 Å². The molecule has 144 valence electrons. The molecule has 26 heavy (non-hydrogen) atoms. The Bertz CT molecular complexity index is 600. The molecule has 6 heteroatoms. The third-order valence-electron chi connectivity index (χ3n) is 4.65. The van der Waals surface area contributed by atoms with Crippen LogP contribution in [0.3, 0.4) is 0 Å². The highest BCUT2D eigenvalue weighted by Gasteiger charge is 2.38. The molecule has 0 bridgehead atoms. The van der Waals surface area contributed by atoms with Gasteiger partial charge in [-0.25, -0.2) is 4.79 Å². The first kappa shape index (κ1) is 20.2. The SMILES string of the molecule is CCOC(=O)C1CN(CCC(C)C)CCC1OC(=O)c1ccc(N)cc1. The van der Waals surface area contributed by atoms with Crippen molar-refractivity contribution in [2.75, 3.05) is 32.0 Å². The number of ether oxygens (including phenoxy) is 2. The molecular formula is C20H30N2O4. The summed E-state index contributed by atoms with van der Waals surface area (Å²) < 4.78 is 10.9. The van der Waals surface area contributed by atoms with Crippen molar-refractivity contribution < 1.29 is 19.1 Å². The zero-order valence-electron chi connectivity index (χ0n) is 15.9. The number of nitrogens with two attached hydrogens (primary N) is 1. The molecule has 2 rings (SSSR count). The molecule has 0 aromatic heterocycles. The van der Waals surface area contributed by atoms with Crippen molar-refractivity contribution in [2.45, 2.75) is 39.7 Å². The van der Waals surface area contributed by atoms with E-state index in [1.54, 1.807) is 31.2 Å².